The fourth-order valence-corrected chi connectivity index (χ4v) is 3.10. The first-order valence-electron chi connectivity index (χ1n) is 9.54. The first-order valence-corrected chi connectivity index (χ1v) is 9.91. The molecule has 0 unspecified atom stereocenters. The minimum absolute atomic E-state index is 0.174. The predicted octanol–water partition coefficient (Wildman–Crippen LogP) is 6.45. The third-order valence-electron chi connectivity index (χ3n) is 4.48. The number of hydrogen-bond acceptors (Lipinski definition) is 3. The molecule has 0 aromatic heterocycles. The molecular formula is C24H22ClNO3. The molecular weight excluding hydrogens is 386 g/mol. The van der Waals surface area contributed by atoms with Gasteiger partial charge in [0.25, 0.3) is 11.1 Å². The number of aryl methyl sites for hydroxylation is 1. The number of ether oxygens (including phenoxy) is 1. The average molecular weight is 408 g/mol. The zero-order valence-electron chi connectivity index (χ0n) is 16.2. The first-order chi connectivity index (χ1) is 14.1. The number of hydrogen-bond donors (Lipinski definition) is 1. The molecule has 29 heavy (non-hydrogen) atoms. The summed E-state index contributed by atoms with van der Waals surface area (Å²) in [5.41, 5.74) is 2.66. The van der Waals surface area contributed by atoms with Crippen LogP contribution in [0.2, 0.25) is 0 Å². The predicted molar refractivity (Wildman–Crippen MR) is 116 cm³/mol. The van der Waals surface area contributed by atoms with Crippen LogP contribution >= 0.6 is 11.6 Å². The van der Waals surface area contributed by atoms with Crippen molar-refractivity contribution in [2.75, 3.05) is 5.32 Å². The van der Waals surface area contributed by atoms with E-state index in [0.29, 0.717) is 28.3 Å². The van der Waals surface area contributed by atoms with Gasteiger partial charge in [-0.2, -0.15) is 0 Å². The topological polar surface area (TPSA) is 55.4 Å². The number of unbranched alkanes of at least 4 members (excludes halogenated alkanes) is 1. The molecule has 4 nitrogen and oxygen atoms in total. The third kappa shape index (κ3) is 5.69. The molecule has 0 fully saturated rings. The standard InChI is InChI=1S/C24H22ClNO3/c1-2-3-7-17-10-13-21(16-22(17)23(25)27)29-20-14-11-19(12-15-20)26-24(28)18-8-5-4-6-9-18/h4-6,8-16H,2-3,7H2,1H3,(H,26,28). The second kappa shape index (κ2) is 9.89. The van der Waals surface area contributed by atoms with Gasteiger partial charge in [-0.15, -0.1) is 0 Å². The SMILES string of the molecule is CCCCc1ccc(Oc2ccc(NC(=O)c3ccccc3)cc2)cc1C(=O)Cl. The van der Waals surface area contributed by atoms with Crippen molar-refractivity contribution in [3.8, 4) is 11.5 Å². The quantitative estimate of drug-likeness (QED) is 0.436. The molecule has 0 bridgehead atoms. The Bertz CT molecular complexity index is 985. The molecule has 3 aromatic rings. The Kier molecular flexibility index (Phi) is 7.04. The normalized spacial score (nSPS) is 10.4. The first kappa shape index (κ1) is 20.6. The molecule has 0 spiro atoms. The van der Waals surface area contributed by atoms with Crippen molar-refractivity contribution >= 4 is 28.4 Å². The van der Waals surface area contributed by atoms with Gasteiger partial charge in [0.15, 0.2) is 0 Å². The van der Waals surface area contributed by atoms with Crippen LogP contribution in [0.5, 0.6) is 11.5 Å². The highest BCUT2D eigenvalue weighted by atomic mass is 35.5. The van der Waals surface area contributed by atoms with Crippen molar-refractivity contribution in [3.63, 3.8) is 0 Å². The van der Waals surface area contributed by atoms with Gasteiger partial charge in [-0.3, -0.25) is 9.59 Å². The van der Waals surface area contributed by atoms with Crippen LogP contribution in [-0.4, -0.2) is 11.1 Å². The Labute approximate surface area is 175 Å². The molecule has 1 N–H and O–H groups in total. The van der Waals surface area contributed by atoms with Crippen LogP contribution in [0.4, 0.5) is 5.69 Å². The minimum atomic E-state index is -0.486. The Morgan fingerprint density at radius 2 is 1.62 bits per heavy atom. The second-order valence-electron chi connectivity index (χ2n) is 6.64. The van der Waals surface area contributed by atoms with Crippen molar-refractivity contribution in [2.24, 2.45) is 0 Å². The molecule has 0 radical (unpaired) electrons. The molecule has 1 amide bonds. The molecule has 0 saturated heterocycles. The van der Waals surface area contributed by atoms with Crippen LogP contribution < -0.4 is 10.1 Å². The Morgan fingerprint density at radius 3 is 2.28 bits per heavy atom. The smallest absolute Gasteiger partial charge is 0.255 e. The van der Waals surface area contributed by atoms with Crippen LogP contribution in [0.25, 0.3) is 0 Å². The maximum absolute atomic E-state index is 12.2. The van der Waals surface area contributed by atoms with Gasteiger partial charge in [-0.1, -0.05) is 37.6 Å². The van der Waals surface area contributed by atoms with Crippen LogP contribution in [0.1, 0.15) is 46.0 Å². The summed E-state index contributed by atoms with van der Waals surface area (Å²) in [7, 11) is 0. The van der Waals surface area contributed by atoms with Crippen LogP contribution in [0.15, 0.2) is 72.8 Å². The van der Waals surface area contributed by atoms with E-state index in [1.807, 2.05) is 30.3 Å². The van der Waals surface area contributed by atoms with Crippen LogP contribution in [0, 0.1) is 0 Å². The maximum Gasteiger partial charge on any atom is 0.255 e. The summed E-state index contributed by atoms with van der Waals surface area (Å²) in [6.07, 6.45) is 2.84. The van der Waals surface area contributed by atoms with Crippen LogP contribution in [-0.2, 0) is 6.42 Å². The summed E-state index contributed by atoms with van der Waals surface area (Å²) in [6.45, 7) is 2.10. The molecule has 3 aromatic carbocycles. The lowest BCUT2D eigenvalue weighted by atomic mass is 10.0. The van der Waals surface area contributed by atoms with Gasteiger partial charge < -0.3 is 10.1 Å². The largest absolute Gasteiger partial charge is 0.457 e. The highest BCUT2D eigenvalue weighted by Crippen LogP contribution is 2.27. The lowest BCUT2D eigenvalue weighted by molar-refractivity contribution is 0.102. The number of halogens is 1. The van der Waals surface area contributed by atoms with E-state index in [2.05, 4.69) is 12.2 Å². The highest BCUT2D eigenvalue weighted by Gasteiger charge is 2.11. The molecule has 148 valence electrons. The lowest BCUT2D eigenvalue weighted by Gasteiger charge is -2.11. The fourth-order valence-electron chi connectivity index (χ4n) is 2.92. The summed E-state index contributed by atoms with van der Waals surface area (Å²) in [4.78, 5) is 24.0. The van der Waals surface area contributed by atoms with E-state index < -0.39 is 5.24 Å². The lowest BCUT2D eigenvalue weighted by Crippen LogP contribution is -2.11. The summed E-state index contributed by atoms with van der Waals surface area (Å²) < 4.78 is 5.85. The number of carbonyl (C=O) groups excluding carboxylic acids is 2. The van der Waals surface area contributed by atoms with Gasteiger partial charge in [-0.25, -0.2) is 0 Å². The van der Waals surface area contributed by atoms with Gasteiger partial charge in [0.1, 0.15) is 11.5 Å². The molecule has 0 aliphatic heterocycles. The number of anilines is 1. The fraction of sp³-hybridized carbons (Fsp3) is 0.167. The number of carbonyl (C=O) groups is 2. The second-order valence-corrected chi connectivity index (χ2v) is 6.99. The molecule has 3 rings (SSSR count). The van der Waals surface area contributed by atoms with E-state index in [4.69, 9.17) is 16.3 Å². The Morgan fingerprint density at radius 1 is 0.931 bits per heavy atom. The maximum atomic E-state index is 12.2. The number of benzene rings is 3. The minimum Gasteiger partial charge on any atom is -0.457 e. The zero-order chi connectivity index (χ0) is 20.6. The van der Waals surface area contributed by atoms with E-state index in [-0.39, 0.29) is 5.91 Å². The number of nitrogens with one attached hydrogen (secondary N) is 1. The van der Waals surface area contributed by atoms with Gasteiger partial charge in [0.2, 0.25) is 0 Å². The summed E-state index contributed by atoms with van der Waals surface area (Å²) in [5.74, 6) is 0.958. The van der Waals surface area contributed by atoms with Gasteiger partial charge in [0, 0.05) is 16.8 Å². The number of amides is 1. The molecule has 0 saturated carbocycles. The molecule has 0 heterocycles. The van der Waals surface area contributed by atoms with Crippen LogP contribution in [0.3, 0.4) is 0 Å². The summed E-state index contributed by atoms with van der Waals surface area (Å²) in [5, 5.41) is 2.36. The van der Waals surface area contributed by atoms with Crippen molar-refractivity contribution in [1.82, 2.24) is 0 Å². The molecule has 0 aliphatic carbocycles. The highest BCUT2D eigenvalue weighted by molar-refractivity contribution is 6.68. The van der Waals surface area contributed by atoms with E-state index in [0.717, 1.165) is 24.8 Å². The zero-order valence-corrected chi connectivity index (χ0v) is 16.9. The molecule has 0 aliphatic rings. The van der Waals surface area contributed by atoms with Crippen molar-refractivity contribution in [1.29, 1.82) is 0 Å². The van der Waals surface area contributed by atoms with Gasteiger partial charge in [0.05, 0.1) is 0 Å². The summed E-state index contributed by atoms with van der Waals surface area (Å²) in [6, 6.07) is 21.4. The summed E-state index contributed by atoms with van der Waals surface area (Å²) >= 11 is 5.75. The van der Waals surface area contributed by atoms with Crippen molar-refractivity contribution in [3.05, 3.63) is 89.5 Å². The third-order valence-corrected chi connectivity index (χ3v) is 4.68. The number of rotatable bonds is 8. The van der Waals surface area contributed by atoms with Gasteiger partial charge in [-0.05, 0) is 78.5 Å². The van der Waals surface area contributed by atoms with E-state index in [1.165, 1.54) is 0 Å². The Hall–Kier alpha value is -3.11. The average Bonchev–Trinajstić information content (AvgIpc) is 2.74. The van der Waals surface area contributed by atoms with E-state index >= 15 is 0 Å². The van der Waals surface area contributed by atoms with E-state index in [9.17, 15) is 9.59 Å². The molecule has 5 heteroatoms. The van der Waals surface area contributed by atoms with Gasteiger partial charge >= 0.3 is 0 Å². The van der Waals surface area contributed by atoms with Crippen molar-refractivity contribution < 1.29 is 14.3 Å². The Balaban J connectivity index is 1.68. The van der Waals surface area contributed by atoms with E-state index in [1.54, 1.807) is 42.5 Å². The van der Waals surface area contributed by atoms with Crippen molar-refractivity contribution in [2.45, 2.75) is 26.2 Å². The molecule has 0 atom stereocenters. The monoisotopic (exact) mass is 407 g/mol.